The van der Waals surface area contributed by atoms with Gasteiger partial charge in [0.05, 0.1) is 45.6 Å². The van der Waals surface area contributed by atoms with E-state index in [1.807, 2.05) is 40.9 Å². The lowest BCUT2D eigenvalue weighted by Gasteiger charge is -2.19. The molecule has 2 aromatic heterocycles. The van der Waals surface area contributed by atoms with E-state index < -0.39 is 6.04 Å². The Morgan fingerprint density at radius 1 is 1.02 bits per heavy atom. The van der Waals surface area contributed by atoms with E-state index in [4.69, 9.17) is 14.2 Å². The van der Waals surface area contributed by atoms with Gasteiger partial charge in [-0.25, -0.2) is 0 Å². The molecule has 0 spiro atoms. The van der Waals surface area contributed by atoms with Crippen LogP contribution < -0.4 is 35.6 Å². The standard InChI is InChI=1S/C34H40N6O6/c1-19(2)15-26(34-39-38-29-9-7-8-14-40(29)34)37-30(43)18-35-25-13-11-22-23(17-27(25)42)24(36-20(3)41)12-10-21-16-28(44-4)32(45-5)33(46-6)31(21)22/h7-9,11,13-14,16-17,19,24,26H,10,12,15,18H2,1-6H3,(H,35,42)(H,36,41)(H,37,43)/t24-,26-/m1/s1. The summed E-state index contributed by atoms with van der Waals surface area (Å²) < 4.78 is 19.0. The van der Waals surface area contributed by atoms with Crippen LogP contribution in [0.5, 0.6) is 17.2 Å². The summed E-state index contributed by atoms with van der Waals surface area (Å²) in [6.45, 7) is 5.46. The van der Waals surface area contributed by atoms with Crippen molar-refractivity contribution in [2.45, 2.75) is 52.1 Å². The second-order valence-corrected chi connectivity index (χ2v) is 11.7. The van der Waals surface area contributed by atoms with E-state index in [1.54, 1.807) is 20.3 Å². The Kier molecular flexibility index (Phi) is 9.74. The van der Waals surface area contributed by atoms with Gasteiger partial charge in [-0.15, -0.1) is 10.2 Å². The predicted molar refractivity (Wildman–Crippen MR) is 174 cm³/mol. The van der Waals surface area contributed by atoms with E-state index in [-0.39, 0.29) is 41.4 Å². The molecule has 0 saturated heterocycles. The predicted octanol–water partition coefficient (Wildman–Crippen LogP) is 4.22. The summed E-state index contributed by atoms with van der Waals surface area (Å²) in [5.74, 6) is 1.81. The molecule has 2 amide bonds. The van der Waals surface area contributed by atoms with Crippen LogP contribution in [0.15, 0.2) is 53.5 Å². The number of pyridine rings is 1. The number of hydrogen-bond acceptors (Lipinski definition) is 9. The minimum Gasteiger partial charge on any atom is -0.493 e. The van der Waals surface area contributed by atoms with Gasteiger partial charge in [0.15, 0.2) is 23.0 Å². The van der Waals surface area contributed by atoms with Gasteiger partial charge in [-0.1, -0.05) is 26.0 Å². The number of carbonyl (C=O) groups is 2. The van der Waals surface area contributed by atoms with Crippen molar-refractivity contribution in [1.29, 1.82) is 0 Å². The van der Waals surface area contributed by atoms with Gasteiger partial charge in [0.25, 0.3) is 0 Å². The van der Waals surface area contributed by atoms with Crippen LogP contribution in [-0.4, -0.2) is 54.3 Å². The minimum absolute atomic E-state index is 0.144. The van der Waals surface area contributed by atoms with Crippen molar-refractivity contribution in [2.24, 2.45) is 5.92 Å². The maximum Gasteiger partial charge on any atom is 0.239 e. The smallest absolute Gasteiger partial charge is 0.239 e. The molecule has 12 heteroatoms. The molecule has 2 heterocycles. The molecule has 0 saturated carbocycles. The van der Waals surface area contributed by atoms with Gasteiger partial charge in [0.2, 0.25) is 23.0 Å². The molecule has 46 heavy (non-hydrogen) atoms. The number of nitrogens with one attached hydrogen (secondary N) is 3. The number of benzene rings is 1. The van der Waals surface area contributed by atoms with Crippen LogP contribution in [0, 0.1) is 5.92 Å². The van der Waals surface area contributed by atoms with E-state index >= 15 is 0 Å². The number of methoxy groups -OCH3 is 3. The van der Waals surface area contributed by atoms with E-state index in [0.717, 1.165) is 11.1 Å². The molecule has 0 aliphatic heterocycles. The first-order chi connectivity index (χ1) is 22.1. The third-order valence-electron chi connectivity index (χ3n) is 8.05. The molecule has 2 aromatic carbocycles. The van der Waals surface area contributed by atoms with Crippen LogP contribution in [0.2, 0.25) is 0 Å². The van der Waals surface area contributed by atoms with Crippen molar-refractivity contribution < 1.29 is 23.8 Å². The summed E-state index contributed by atoms with van der Waals surface area (Å²) in [5, 5.41) is 17.7. The molecule has 1 aliphatic rings. The largest absolute Gasteiger partial charge is 0.493 e. The number of hydrogen-bond donors (Lipinski definition) is 3. The second kappa shape index (κ2) is 13.9. The van der Waals surface area contributed by atoms with Crippen LogP contribution >= 0.6 is 0 Å². The van der Waals surface area contributed by atoms with Gasteiger partial charge in [-0.05, 0) is 72.2 Å². The van der Waals surface area contributed by atoms with Gasteiger partial charge >= 0.3 is 0 Å². The van der Waals surface area contributed by atoms with Crippen molar-refractivity contribution in [3.63, 3.8) is 0 Å². The molecule has 3 N–H and O–H groups in total. The number of aryl methyl sites for hydroxylation is 1. The van der Waals surface area contributed by atoms with Crippen molar-refractivity contribution in [1.82, 2.24) is 25.2 Å². The van der Waals surface area contributed by atoms with Crippen LogP contribution in [0.3, 0.4) is 0 Å². The van der Waals surface area contributed by atoms with Gasteiger partial charge in [-0.3, -0.25) is 18.8 Å². The highest BCUT2D eigenvalue weighted by Crippen LogP contribution is 2.50. The molecule has 0 radical (unpaired) electrons. The molecule has 4 aromatic rings. The Balaban J connectivity index is 1.48. The number of anilines is 1. The third kappa shape index (κ3) is 6.60. The summed E-state index contributed by atoms with van der Waals surface area (Å²) >= 11 is 0. The average molecular weight is 629 g/mol. The van der Waals surface area contributed by atoms with Gasteiger partial charge < -0.3 is 30.2 Å². The molecule has 12 nitrogen and oxygen atoms in total. The zero-order chi connectivity index (χ0) is 33.0. The third-order valence-corrected chi connectivity index (χ3v) is 8.05. The van der Waals surface area contributed by atoms with Gasteiger partial charge in [0.1, 0.15) is 0 Å². The molecule has 0 fully saturated rings. The molecular formula is C34H40N6O6. The second-order valence-electron chi connectivity index (χ2n) is 11.7. The number of rotatable bonds is 11. The summed E-state index contributed by atoms with van der Waals surface area (Å²) in [4.78, 5) is 39.1. The van der Waals surface area contributed by atoms with Crippen LogP contribution in [-0.2, 0) is 16.0 Å². The number of fused-ring (bicyclic) bond motifs is 4. The zero-order valence-electron chi connectivity index (χ0n) is 27.0. The normalized spacial score (nSPS) is 14.5. The maximum atomic E-state index is 13.6. The van der Waals surface area contributed by atoms with E-state index in [2.05, 4.69) is 40.0 Å². The van der Waals surface area contributed by atoms with Crippen molar-refractivity contribution in [3.8, 4) is 28.4 Å². The summed E-state index contributed by atoms with van der Waals surface area (Å²) in [6, 6.07) is 11.7. The lowest BCUT2D eigenvalue weighted by molar-refractivity contribution is -0.120. The Hall–Kier alpha value is -5.13. The Morgan fingerprint density at radius 2 is 1.80 bits per heavy atom. The number of nitrogens with zero attached hydrogens (tertiary/aromatic N) is 3. The highest BCUT2D eigenvalue weighted by atomic mass is 16.5. The van der Waals surface area contributed by atoms with Gasteiger partial charge in [0, 0.05) is 18.7 Å². The van der Waals surface area contributed by atoms with Crippen molar-refractivity contribution >= 4 is 23.1 Å². The van der Waals surface area contributed by atoms with Crippen molar-refractivity contribution in [2.75, 3.05) is 33.2 Å². The van der Waals surface area contributed by atoms with E-state index in [1.165, 1.54) is 20.1 Å². The number of aromatic nitrogens is 3. The SMILES string of the molecule is COc1cc2c(c(OC)c1OC)-c1ccc(NCC(=O)N[C@H](CC(C)C)c3nnc4ccccn34)c(=O)cc1[C@H](NC(C)=O)CC2. The van der Waals surface area contributed by atoms with Crippen LogP contribution in [0.1, 0.15) is 62.6 Å². The lowest BCUT2D eigenvalue weighted by atomic mass is 9.95. The molecule has 242 valence electrons. The highest BCUT2D eigenvalue weighted by molar-refractivity contribution is 5.84. The lowest BCUT2D eigenvalue weighted by Crippen LogP contribution is -2.35. The summed E-state index contributed by atoms with van der Waals surface area (Å²) in [5.41, 5.74) is 3.62. The molecule has 0 unspecified atom stereocenters. The van der Waals surface area contributed by atoms with Crippen molar-refractivity contribution in [3.05, 3.63) is 75.8 Å². The molecule has 2 atom stereocenters. The average Bonchev–Trinajstić information content (AvgIpc) is 3.32. The fourth-order valence-electron chi connectivity index (χ4n) is 6.07. The monoisotopic (exact) mass is 628 g/mol. The molecule has 0 bridgehead atoms. The topological polar surface area (TPSA) is 145 Å². The highest BCUT2D eigenvalue weighted by Gasteiger charge is 2.29. The van der Waals surface area contributed by atoms with E-state index in [9.17, 15) is 14.4 Å². The molecule has 5 rings (SSSR count). The number of ether oxygens (including phenoxy) is 3. The Labute approximate surface area is 267 Å². The van der Waals surface area contributed by atoms with Crippen LogP contribution in [0.25, 0.3) is 16.8 Å². The quantitative estimate of drug-likeness (QED) is 0.222. The maximum absolute atomic E-state index is 13.6. The van der Waals surface area contributed by atoms with Gasteiger partial charge in [-0.2, -0.15) is 0 Å². The van der Waals surface area contributed by atoms with E-state index in [0.29, 0.717) is 59.1 Å². The van der Waals surface area contributed by atoms with Crippen LogP contribution in [0.4, 0.5) is 5.69 Å². The fourth-order valence-corrected chi connectivity index (χ4v) is 6.07. The number of carbonyl (C=O) groups excluding carboxylic acids is 2. The first-order valence-electron chi connectivity index (χ1n) is 15.3. The first kappa shape index (κ1) is 32.3. The summed E-state index contributed by atoms with van der Waals surface area (Å²) in [6.07, 6.45) is 3.66. The fraction of sp³-hybridized carbons (Fsp3) is 0.382. The molecular weight excluding hydrogens is 588 g/mol. The Bertz CT molecular complexity index is 1820. The first-order valence-corrected chi connectivity index (χ1v) is 15.3. The molecule has 1 aliphatic carbocycles. The minimum atomic E-state index is -0.437. The summed E-state index contributed by atoms with van der Waals surface area (Å²) in [7, 11) is 4.65. The zero-order valence-corrected chi connectivity index (χ0v) is 27.0. The number of amides is 2. The Morgan fingerprint density at radius 3 is 2.50 bits per heavy atom.